The molecule has 0 bridgehead atoms. The van der Waals surface area contributed by atoms with E-state index >= 15 is 0 Å². The van der Waals surface area contributed by atoms with Gasteiger partial charge in [-0.25, -0.2) is 4.39 Å². The maximum absolute atomic E-state index is 14.0. The van der Waals surface area contributed by atoms with Gasteiger partial charge in [0.05, 0.1) is 11.8 Å². The van der Waals surface area contributed by atoms with E-state index in [1.54, 1.807) is 0 Å². The summed E-state index contributed by atoms with van der Waals surface area (Å²) in [5.74, 6) is -4.16. The summed E-state index contributed by atoms with van der Waals surface area (Å²) in [5.41, 5.74) is 4.46. The van der Waals surface area contributed by atoms with E-state index in [-0.39, 0.29) is 25.3 Å². The lowest BCUT2D eigenvalue weighted by molar-refractivity contribution is -0.143. The molecule has 1 aromatic carbocycles. The zero-order chi connectivity index (χ0) is 20.9. The number of likely N-dealkylation sites (tertiary alicyclic amines) is 1. The number of rotatable bonds is 6. The number of hydrogen-bond donors (Lipinski definition) is 3. The minimum absolute atomic E-state index is 0.00498. The molecule has 4 N–H and O–H groups in total. The van der Waals surface area contributed by atoms with Crippen molar-refractivity contribution < 1.29 is 23.6 Å². The number of halogens is 1. The molecule has 3 aliphatic rings. The number of primary amides is 1. The summed E-state index contributed by atoms with van der Waals surface area (Å²) in [6.45, 7) is 2.23. The Morgan fingerprint density at radius 3 is 2.72 bits per heavy atom. The van der Waals surface area contributed by atoms with Crippen LogP contribution in [0.3, 0.4) is 0 Å². The Morgan fingerprint density at radius 1 is 1.28 bits per heavy atom. The number of nitrogens with one attached hydrogen (secondary N) is 2. The van der Waals surface area contributed by atoms with E-state index in [0.29, 0.717) is 17.7 Å². The van der Waals surface area contributed by atoms with Gasteiger partial charge in [-0.15, -0.1) is 0 Å². The van der Waals surface area contributed by atoms with Gasteiger partial charge in [0.2, 0.25) is 23.6 Å². The smallest absolute Gasteiger partial charge is 0.250 e. The second-order valence-corrected chi connectivity index (χ2v) is 7.89. The van der Waals surface area contributed by atoms with E-state index in [1.807, 2.05) is 6.92 Å². The third-order valence-electron chi connectivity index (χ3n) is 6.21. The van der Waals surface area contributed by atoms with Crippen molar-refractivity contribution in [3.05, 3.63) is 29.6 Å². The van der Waals surface area contributed by atoms with Crippen molar-refractivity contribution in [2.24, 2.45) is 17.6 Å². The van der Waals surface area contributed by atoms with Crippen molar-refractivity contribution in [3.63, 3.8) is 0 Å². The molecule has 4 rings (SSSR count). The summed E-state index contributed by atoms with van der Waals surface area (Å²) in [7, 11) is 0. The molecule has 0 aromatic heterocycles. The maximum Gasteiger partial charge on any atom is 0.250 e. The molecule has 8 nitrogen and oxygen atoms in total. The van der Waals surface area contributed by atoms with E-state index in [9.17, 15) is 23.6 Å². The molecule has 4 amide bonds. The number of unbranched alkanes of at least 4 members (excludes halogenated alkanes) is 1. The van der Waals surface area contributed by atoms with E-state index in [4.69, 9.17) is 5.73 Å². The Balaban J connectivity index is 1.81. The van der Waals surface area contributed by atoms with Gasteiger partial charge >= 0.3 is 0 Å². The summed E-state index contributed by atoms with van der Waals surface area (Å²) in [5, 5.41) is 5.85. The number of nitrogens with zero attached hydrogens (tertiary/aromatic N) is 1. The zero-order valence-corrected chi connectivity index (χ0v) is 16.0. The number of amides is 4. The molecule has 29 heavy (non-hydrogen) atoms. The van der Waals surface area contributed by atoms with Crippen LogP contribution in [0.1, 0.15) is 38.2 Å². The lowest BCUT2D eigenvalue weighted by Crippen LogP contribution is -2.53. The summed E-state index contributed by atoms with van der Waals surface area (Å²) >= 11 is 0. The van der Waals surface area contributed by atoms with Crippen molar-refractivity contribution in [1.29, 1.82) is 0 Å². The number of imide groups is 1. The molecule has 3 heterocycles. The van der Waals surface area contributed by atoms with Crippen LogP contribution in [0.2, 0.25) is 0 Å². The van der Waals surface area contributed by atoms with Crippen LogP contribution in [0.5, 0.6) is 0 Å². The second kappa shape index (κ2) is 6.91. The van der Waals surface area contributed by atoms with Gasteiger partial charge in [0, 0.05) is 30.3 Å². The molecule has 0 saturated carbocycles. The van der Waals surface area contributed by atoms with Gasteiger partial charge in [0.25, 0.3) is 0 Å². The van der Waals surface area contributed by atoms with E-state index < -0.39 is 47.0 Å². The van der Waals surface area contributed by atoms with Gasteiger partial charge < -0.3 is 11.1 Å². The van der Waals surface area contributed by atoms with Crippen LogP contribution in [-0.2, 0) is 24.7 Å². The Hall–Kier alpha value is -2.81. The number of carbonyl (C=O) groups is 4. The first-order valence-corrected chi connectivity index (χ1v) is 9.84. The molecular weight excluding hydrogens is 379 g/mol. The van der Waals surface area contributed by atoms with Gasteiger partial charge in [0.1, 0.15) is 11.4 Å². The van der Waals surface area contributed by atoms with Crippen molar-refractivity contribution in [1.82, 2.24) is 10.2 Å². The van der Waals surface area contributed by atoms with Gasteiger partial charge in [-0.2, -0.15) is 0 Å². The highest BCUT2D eigenvalue weighted by molar-refractivity contribution is 6.15. The standard InChI is InChI=1S/C20H23FN4O4/c1-2-3-8-25-17(27)15-13(6-7-14(22)26)24-20(16(15)18(25)28)11-9-10(21)4-5-12(11)23-19(20)29/h4-5,9,13,15-16,24H,2-3,6-8H2,1H3,(H2,22,26)(H,23,29)/t13-,15+,16-,20-/m0/s1. The van der Waals surface area contributed by atoms with Gasteiger partial charge in [-0.1, -0.05) is 13.3 Å². The Morgan fingerprint density at radius 2 is 2.03 bits per heavy atom. The third-order valence-corrected chi connectivity index (χ3v) is 6.21. The number of anilines is 1. The van der Waals surface area contributed by atoms with Crippen molar-refractivity contribution in [3.8, 4) is 0 Å². The topological polar surface area (TPSA) is 122 Å². The predicted molar refractivity (Wildman–Crippen MR) is 101 cm³/mol. The lowest BCUT2D eigenvalue weighted by atomic mass is 9.76. The first-order valence-electron chi connectivity index (χ1n) is 9.84. The molecular formula is C20H23FN4O4. The highest BCUT2D eigenvalue weighted by Crippen LogP contribution is 2.53. The number of hydrogen-bond acceptors (Lipinski definition) is 5. The van der Waals surface area contributed by atoms with Gasteiger partial charge in [-0.3, -0.25) is 29.4 Å². The van der Waals surface area contributed by atoms with Crippen molar-refractivity contribution in [2.45, 2.75) is 44.2 Å². The van der Waals surface area contributed by atoms with Crippen LogP contribution in [0, 0.1) is 17.7 Å². The van der Waals surface area contributed by atoms with Crippen LogP contribution >= 0.6 is 0 Å². The number of carbonyl (C=O) groups excluding carboxylic acids is 4. The quantitative estimate of drug-likeness (QED) is 0.602. The molecule has 1 aromatic rings. The average Bonchev–Trinajstić information content (AvgIpc) is 3.24. The highest BCUT2D eigenvalue weighted by atomic mass is 19.1. The summed E-state index contributed by atoms with van der Waals surface area (Å²) in [4.78, 5) is 52.0. The number of nitrogens with two attached hydrogens (primary N) is 1. The summed E-state index contributed by atoms with van der Waals surface area (Å²) in [6, 6.07) is 3.29. The molecule has 9 heteroatoms. The molecule has 4 atom stereocenters. The minimum atomic E-state index is -1.54. The lowest BCUT2D eigenvalue weighted by Gasteiger charge is -2.29. The Bertz CT molecular complexity index is 920. The zero-order valence-electron chi connectivity index (χ0n) is 16.0. The minimum Gasteiger partial charge on any atom is -0.370 e. The molecule has 0 radical (unpaired) electrons. The first kappa shape index (κ1) is 19.5. The van der Waals surface area contributed by atoms with E-state index in [2.05, 4.69) is 10.6 Å². The monoisotopic (exact) mass is 402 g/mol. The Labute approximate surface area is 167 Å². The van der Waals surface area contributed by atoms with E-state index in [0.717, 1.165) is 6.42 Å². The molecule has 0 unspecified atom stereocenters. The normalized spacial score (nSPS) is 30.1. The average molecular weight is 402 g/mol. The van der Waals surface area contributed by atoms with Gasteiger partial charge in [0.15, 0.2) is 0 Å². The fraction of sp³-hybridized carbons (Fsp3) is 0.500. The first-order chi connectivity index (χ1) is 13.8. The van der Waals surface area contributed by atoms with Crippen LogP contribution in [0.15, 0.2) is 18.2 Å². The fourth-order valence-corrected chi connectivity index (χ4v) is 4.92. The third kappa shape index (κ3) is 2.75. The molecule has 0 aliphatic carbocycles. The van der Waals surface area contributed by atoms with Crippen molar-refractivity contribution in [2.75, 3.05) is 11.9 Å². The number of benzene rings is 1. The van der Waals surface area contributed by atoms with Crippen LogP contribution in [0.25, 0.3) is 0 Å². The van der Waals surface area contributed by atoms with Crippen molar-refractivity contribution >= 4 is 29.3 Å². The summed E-state index contributed by atoms with van der Waals surface area (Å²) in [6.07, 6.45) is 1.66. The molecule has 2 fully saturated rings. The number of fused-ring (bicyclic) bond motifs is 4. The van der Waals surface area contributed by atoms with Crippen LogP contribution < -0.4 is 16.4 Å². The molecule has 154 valence electrons. The van der Waals surface area contributed by atoms with Gasteiger partial charge in [-0.05, 0) is 31.0 Å². The highest BCUT2D eigenvalue weighted by Gasteiger charge is 2.70. The second-order valence-electron chi connectivity index (χ2n) is 7.89. The maximum atomic E-state index is 14.0. The fourth-order valence-electron chi connectivity index (χ4n) is 4.92. The van der Waals surface area contributed by atoms with Crippen LogP contribution in [-0.4, -0.2) is 41.1 Å². The molecule has 1 spiro atoms. The largest absolute Gasteiger partial charge is 0.370 e. The summed E-state index contributed by atoms with van der Waals surface area (Å²) < 4.78 is 14.0. The van der Waals surface area contributed by atoms with Crippen LogP contribution in [0.4, 0.5) is 10.1 Å². The molecule has 3 aliphatic heterocycles. The Kier molecular flexibility index (Phi) is 4.65. The van der Waals surface area contributed by atoms with E-state index in [1.165, 1.54) is 23.1 Å². The predicted octanol–water partition coefficient (Wildman–Crippen LogP) is 0.612. The SMILES string of the molecule is CCCCN1C(=O)[C@@H]2[C@H](CCC(N)=O)N[C@]3(C(=O)Nc4ccc(F)cc43)[C@@H]2C1=O. The molecule has 2 saturated heterocycles.